The molecule has 1 unspecified atom stereocenters. The summed E-state index contributed by atoms with van der Waals surface area (Å²) in [5, 5.41) is 28.8. The van der Waals surface area contributed by atoms with E-state index in [1.807, 2.05) is 24.3 Å². The third-order valence-electron chi connectivity index (χ3n) is 6.47. The Morgan fingerprint density at radius 1 is 1.32 bits per heavy atom. The molecule has 0 aliphatic carbocycles. The first kappa shape index (κ1) is 26.7. The van der Waals surface area contributed by atoms with Gasteiger partial charge in [0.05, 0.1) is 31.9 Å². The number of hydrogen-bond acceptors (Lipinski definition) is 8. The molecule has 0 radical (unpaired) electrons. The number of phosphoric ester groups is 1. The van der Waals surface area contributed by atoms with Gasteiger partial charge < -0.3 is 29.8 Å². The van der Waals surface area contributed by atoms with E-state index in [4.69, 9.17) is 24.7 Å². The zero-order valence-electron chi connectivity index (χ0n) is 19.1. The van der Waals surface area contributed by atoms with E-state index >= 15 is 0 Å². The van der Waals surface area contributed by atoms with Gasteiger partial charge in [0.15, 0.2) is 0 Å². The van der Waals surface area contributed by atoms with E-state index in [0.29, 0.717) is 11.8 Å². The highest BCUT2D eigenvalue weighted by atomic mass is 31.2. The number of fused-ring (bicyclic) bond motifs is 4. The lowest BCUT2D eigenvalue weighted by molar-refractivity contribution is -0.0444. The average molecular weight is 496 g/mol. The van der Waals surface area contributed by atoms with Crippen LogP contribution in [0.4, 0.5) is 0 Å². The minimum Gasteiger partial charge on any atom is -0.497 e. The van der Waals surface area contributed by atoms with Gasteiger partial charge in [0.25, 0.3) is 0 Å². The number of methoxy groups -OCH3 is 1. The van der Waals surface area contributed by atoms with Crippen LogP contribution >= 0.6 is 7.82 Å². The number of phosphoric acid groups is 1. The molecule has 2 aromatic rings. The van der Waals surface area contributed by atoms with Gasteiger partial charge in [0.1, 0.15) is 11.9 Å². The standard InChI is InChI=1S/C20H24N2O2.C3H9O6P/c1-3-13-12-22-9-7-14(13)10-19(22)20(23)16-6-8-21-18-5-4-15(24-2)11-17(16)18;4-1-3(5)2-9-10(6,7)8/h3-6,8,11,13-14,19-20,23H,1,7,9-10,12H2,2H3;3-5H,1-2H2,(H2,6,7,8)/t13-,14-,19-,20+;/m0./s1. The smallest absolute Gasteiger partial charge is 0.469 e. The first-order valence-corrected chi connectivity index (χ1v) is 12.7. The summed E-state index contributed by atoms with van der Waals surface area (Å²) < 4.78 is 19.1. The number of piperidine rings is 3. The topological polar surface area (TPSA) is 153 Å². The van der Waals surface area contributed by atoms with Gasteiger partial charge >= 0.3 is 7.82 Å². The molecule has 34 heavy (non-hydrogen) atoms. The maximum absolute atomic E-state index is 11.2. The molecule has 11 heteroatoms. The number of ether oxygens (including phenoxy) is 1. The molecule has 3 aliphatic rings. The monoisotopic (exact) mass is 496 g/mol. The van der Waals surface area contributed by atoms with Gasteiger partial charge in [-0.3, -0.25) is 14.4 Å². The summed E-state index contributed by atoms with van der Waals surface area (Å²) in [5.74, 6) is 2.01. The van der Waals surface area contributed by atoms with Crippen LogP contribution in [0, 0.1) is 11.8 Å². The molecule has 0 saturated carbocycles. The Kier molecular flexibility index (Phi) is 9.20. The highest BCUT2D eigenvalue weighted by Gasteiger charge is 2.42. The van der Waals surface area contributed by atoms with Crippen molar-refractivity contribution in [1.29, 1.82) is 0 Å². The number of pyridine rings is 1. The van der Waals surface area contributed by atoms with Crippen LogP contribution < -0.4 is 4.74 Å². The van der Waals surface area contributed by atoms with Gasteiger partial charge in [0.2, 0.25) is 0 Å². The normalized spacial score (nSPS) is 25.8. The molecule has 3 aliphatic heterocycles. The van der Waals surface area contributed by atoms with Crippen molar-refractivity contribution in [3.63, 3.8) is 0 Å². The van der Waals surface area contributed by atoms with Gasteiger partial charge in [0, 0.05) is 24.2 Å². The number of hydrogen-bond donors (Lipinski definition) is 5. The molecule has 4 heterocycles. The molecule has 3 saturated heterocycles. The van der Waals surface area contributed by atoms with Crippen LogP contribution in [-0.4, -0.2) is 80.5 Å². The SMILES string of the molecule is C=C[C@H]1C[N@]2CC[C@H]1C[C@H]2[C@H](O)c1ccnc2ccc(OC)cc12.O=P(O)(O)OCC(O)CO. The quantitative estimate of drug-likeness (QED) is 0.269. The van der Waals surface area contributed by atoms with Crippen molar-refractivity contribution < 1.29 is 38.9 Å². The number of rotatable bonds is 8. The summed E-state index contributed by atoms with van der Waals surface area (Å²) in [6.45, 7) is 4.92. The second-order valence-corrected chi connectivity index (χ2v) is 9.84. The lowest BCUT2D eigenvalue weighted by Crippen LogP contribution is -2.54. The largest absolute Gasteiger partial charge is 0.497 e. The van der Waals surface area contributed by atoms with Crippen LogP contribution in [0.3, 0.4) is 0 Å². The van der Waals surface area contributed by atoms with Gasteiger partial charge in [-0.15, -0.1) is 6.58 Å². The van der Waals surface area contributed by atoms with E-state index in [9.17, 15) is 9.67 Å². The fraction of sp³-hybridized carbons (Fsp3) is 0.522. The Hall–Kier alpha value is -1.88. The third-order valence-corrected chi connectivity index (χ3v) is 6.95. The van der Waals surface area contributed by atoms with Gasteiger partial charge in [-0.25, -0.2) is 4.57 Å². The molecule has 1 aromatic heterocycles. The highest BCUT2D eigenvalue weighted by Crippen LogP contribution is 2.42. The van der Waals surface area contributed by atoms with E-state index in [1.165, 1.54) is 6.42 Å². The highest BCUT2D eigenvalue weighted by molar-refractivity contribution is 7.46. The minimum absolute atomic E-state index is 0.178. The lowest BCUT2D eigenvalue weighted by Gasteiger charge is -2.50. The maximum atomic E-state index is 11.2. The number of aromatic nitrogens is 1. The fourth-order valence-corrected chi connectivity index (χ4v) is 5.05. The van der Waals surface area contributed by atoms with Crippen molar-refractivity contribution >= 4 is 18.7 Å². The second kappa shape index (κ2) is 11.7. The molecule has 0 spiro atoms. The van der Waals surface area contributed by atoms with E-state index in [-0.39, 0.29) is 6.04 Å². The number of benzene rings is 1. The van der Waals surface area contributed by atoms with Crippen molar-refractivity contribution in [2.75, 3.05) is 33.4 Å². The number of aliphatic hydroxyl groups excluding tert-OH is 3. The second-order valence-electron chi connectivity index (χ2n) is 8.60. The van der Waals surface area contributed by atoms with E-state index in [0.717, 1.165) is 41.7 Å². The average Bonchev–Trinajstić information content (AvgIpc) is 2.86. The number of nitrogens with zero attached hydrogens (tertiary/aromatic N) is 2. The Morgan fingerprint density at radius 2 is 2.09 bits per heavy atom. The van der Waals surface area contributed by atoms with Gasteiger partial charge in [-0.05, 0) is 61.1 Å². The minimum atomic E-state index is -4.50. The number of aliphatic hydroxyl groups is 3. The van der Waals surface area contributed by atoms with Crippen LogP contribution in [0.15, 0.2) is 43.1 Å². The molecular formula is C23H33N2O8P. The summed E-state index contributed by atoms with van der Waals surface area (Å²) in [7, 11) is -2.84. The van der Waals surface area contributed by atoms with Crippen LogP contribution in [0.5, 0.6) is 5.75 Å². The van der Waals surface area contributed by atoms with Gasteiger partial charge in [-0.1, -0.05) is 6.08 Å². The first-order valence-electron chi connectivity index (χ1n) is 11.1. The molecule has 5 N–H and O–H groups in total. The molecule has 1 aromatic carbocycles. The molecule has 6 atom stereocenters. The van der Waals surface area contributed by atoms with Crippen molar-refractivity contribution in [3.05, 3.63) is 48.7 Å². The molecule has 3 fully saturated rings. The van der Waals surface area contributed by atoms with E-state index < -0.39 is 33.2 Å². The zero-order valence-corrected chi connectivity index (χ0v) is 20.0. The van der Waals surface area contributed by atoms with Crippen molar-refractivity contribution in [3.8, 4) is 5.75 Å². The van der Waals surface area contributed by atoms with Crippen molar-refractivity contribution in [2.45, 2.75) is 31.1 Å². The third kappa shape index (κ3) is 6.62. The molecule has 188 valence electrons. The van der Waals surface area contributed by atoms with Crippen LogP contribution in [0.25, 0.3) is 10.9 Å². The Labute approximate surface area is 198 Å². The Morgan fingerprint density at radius 3 is 2.68 bits per heavy atom. The Balaban J connectivity index is 0.000000277. The summed E-state index contributed by atoms with van der Waals surface area (Å²) >= 11 is 0. The lowest BCUT2D eigenvalue weighted by atomic mass is 9.73. The zero-order chi connectivity index (χ0) is 24.9. The molecular weight excluding hydrogens is 463 g/mol. The summed E-state index contributed by atoms with van der Waals surface area (Å²) in [4.78, 5) is 23.0. The van der Waals surface area contributed by atoms with Crippen LogP contribution in [0.2, 0.25) is 0 Å². The van der Waals surface area contributed by atoms with Crippen LogP contribution in [-0.2, 0) is 9.09 Å². The molecule has 0 amide bonds. The summed E-state index contributed by atoms with van der Waals surface area (Å²) in [6, 6.07) is 7.96. The predicted molar refractivity (Wildman–Crippen MR) is 126 cm³/mol. The van der Waals surface area contributed by atoms with Gasteiger partial charge in [-0.2, -0.15) is 0 Å². The van der Waals surface area contributed by atoms with Crippen molar-refractivity contribution in [2.24, 2.45) is 11.8 Å². The van der Waals surface area contributed by atoms with Crippen molar-refractivity contribution in [1.82, 2.24) is 9.88 Å². The van der Waals surface area contributed by atoms with Crippen LogP contribution in [0.1, 0.15) is 24.5 Å². The molecule has 10 nitrogen and oxygen atoms in total. The maximum Gasteiger partial charge on any atom is 0.469 e. The van der Waals surface area contributed by atoms with E-state index in [2.05, 4.69) is 27.1 Å². The summed E-state index contributed by atoms with van der Waals surface area (Å²) in [5.41, 5.74) is 1.85. The molecule has 5 rings (SSSR count). The summed E-state index contributed by atoms with van der Waals surface area (Å²) in [6.07, 6.45) is 4.38. The van der Waals surface area contributed by atoms with E-state index in [1.54, 1.807) is 13.3 Å². The fourth-order valence-electron chi connectivity index (χ4n) is 4.68. The predicted octanol–water partition coefficient (Wildman–Crippen LogP) is 1.62. The Bertz CT molecular complexity index is 1020. The molecule has 2 bridgehead atoms. The first-order chi connectivity index (χ1) is 16.2.